The summed E-state index contributed by atoms with van der Waals surface area (Å²) in [5.41, 5.74) is 1.67. The molecule has 0 bridgehead atoms. The average molecular weight is 517 g/mol. The van der Waals surface area contributed by atoms with Gasteiger partial charge in [0.15, 0.2) is 11.5 Å². The zero-order chi connectivity index (χ0) is 26.3. The minimum absolute atomic E-state index is 0.128. The molecule has 3 aromatic rings. The van der Waals surface area contributed by atoms with Crippen molar-refractivity contribution in [1.29, 1.82) is 0 Å². The minimum atomic E-state index is -3.78. The molecule has 7 heteroatoms. The van der Waals surface area contributed by atoms with Crippen molar-refractivity contribution in [2.75, 3.05) is 26.4 Å². The molecule has 0 amide bonds. The molecule has 1 atom stereocenters. The first-order chi connectivity index (χ1) is 18.1. The zero-order valence-electron chi connectivity index (χ0n) is 20.6. The van der Waals surface area contributed by atoms with Crippen LogP contribution in [0.2, 0.25) is 0 Å². The summed E-state index contributed by atoms with van der Waals surface area (Å²) in [5, 5.41) is 0.821. The van der Waals surface area contributed by atoms with Crippen LogP contribution in [0.3, 0.4) is 0 Å². The van der Waals surface area contributed by atoms with Gasteiger partial charge in [-0.3, -0.25) is 4.57 Å². The normalized spacial score (nSPS) is 15.2. The van der Waals surface area contributed by atoms with Crippen molar-refractivity contribution in [3.63, 3.8) is 0 Å². The molecule has 6 nitrogen and oxygen atoms in total. The monoisotopic (exact) mass is 516 g/mol. The highest BCUT2D eigenvalue weighted by molar-refractivity contribution is 7.75. The van der Waals surface area contributed by atoms with Gasteiger partial charge >= 0.3 is 7.37 Å². The van der Waals surface area contributed by atoms with Gasteiger partial charge < -0.3 is 23.5 Å². The molecule has 0 radical (unpaired) electrons. The van der Waals surface area contributed by atoms with E-state index >= 15 is 4.57 Å². The maximum absolute atomic E-state index is 15.0. The third-order valence-electron chi connectivity index (χ3n) is 5.47. The largest absolute Gasteiger partial charge is 0.485 e. The lowest BCUT2D eigenvalue weighted by molar-refractivity contribution is 0.264. The topological polar surface area (TPSA) is 63.2 Å². The van der Waals surface area contributed by atoms with Crippen LogP contribution in [0.15, 0.2) is 105 Å². The van der Waals surface area contributed by atoms with Gasteiger partial charge in [0.2, 0.25) is 11.5 Å². The van der Waals surface area contributed by atoms with Gasteiger partial charge in [0, 0.05) is 11.6 Å². The zero-order valence-corrected chi connectivity index (χ0v) is 21.5. The van der Waals surface area contributed by atoms with Crippen molar-refractivity contribution < 1.29 is 28.0 Å². The Morgan fingerprint density at radius 1 is 0.649 bits per heavy atom. The maximum atomic E-state index is 15.0. The van der Waals surface area contributed by atoms with Gasteiger partial charge in [-0.15, -0.1) is 0 Å². The van der Waals surface area contributed by atoms with Crippen LogP contribution < -0.4 is 34.1 Å². The standard InChI is InChI=1S/C30H29O6P/c1-5-17-32-25-21-27(29(34-19-7-3)30(35-20-8-4)28(25)33-18-6-2)37(31)26-16-12-10-14-23(26)22-13-9-11-15-24(22)36-37/h5-16,21H,1-4,17-20H2. The number of ether oxygens (including phenoxy) is 4. The fraction of sp³-hybridized carbons (Fsp3) is 0.133. The van der Waals surface area contributed by atoms with Crippen molar-refractivity contribution in [3.8, 4) is 39.9 Å². The summed E-state index contributed by atoms with van der Waals surface area (Å²) in [5.74, 6) is 1.52. The lowest BCUT2D eigenvalue weighted by Crippen LogP contribution is -2.27. The van der Waals surface area contributed by atoms with Gasteiger partial charge in [0.1, 0.15) is 37.5 Å². The van der Waals surface area contributed by atoms with Gasteiger partial charge in [0.25, 0.3) is 0 Å². The first-order valence-corrected chi connectivity index (χ1v) is 13.4. The maximum Gasteiger partial charge on any atom is 0.311 e. The Kier molecular flexibility index (Phi) is 8.22. The van der Waals surface area contributed by atoms with Crippen LogP contribution in [-0.4, -0.2) is 26.4 Å². The number of hydrogen-bond donors (Lipinski definition) is 0. The molecule has 1 aliphatic heterocycles. The number of hydrogen-bond acceptors (Lipinski definition) is 6. The molecular weight excluding hydrogens is 487 g/mol. The van der Waals surface area contributed by atoms with Crippen LogP contribution in [0.5, 0.6) is 28.7 Å². The smallest absolute Gasteiger partial charge is 0.311 e. The van der Waals surface area contributed by atoms with Crippen molar-refractivity contribution in [2.45, 2.75) is 0 Å². The summed E-state index contributed by atoms with van der Waals surface area (Å²) >= 11 is 0. The van der Waals surface area contributed by atoms with Crippen LogP contribution >= 0.6 is 7.37 Å². The van der Waals surface area contributed by atoms with E-state index in [1.807, 2.05) is 36.4 Å². The predicted octanol–water partition coefficient (Wildman–Crippen LogP) is 6.23. The highest BCUT2D eigenvalue weighted by Gasteiger charge is 2.42. The number of rotatable bonds is 13. The lowest BCUT2D eigenvalue weighted by atomic mass is 10.0. The van der Waals surface area contributed by atoms with E-state index in [2.05, 4.69) is 26.3 Å². The molecule has 0 N–H and O–H groups in total. The van der Waals surface area contributed by atoms with E-state index in [4.69, 9.17) is 23.5 Å². The molecule has 1 heterocycles. The molecule has 37 heavy (non-hydrogen) atoms. The number of para-hydroxylation sites is 1. The van der Waals surface area contributed by atoms with E-state index in [0.29, 0.717) is 16.8 Å². The van der Waals surface area contributed by atoms with Crippen molar-refractivity contribution >= 4 is 18.0 Å². The molecule has 4 rings (SSSR count). The summed E-state index contributed by atoms with van der Waals surface area (Å²) in [6, 6.07) is 16.6. The molecule has 190 valence electrons. The highest BCUT2D eigenvalue weighted by atomic mass is 31.2. The summed E-state index contributed by atoms with van der Waals surface area (Å²) in [7, 11) is -3.78. The van der Waals surface area contributed by atoms with Crippen LogP contribution in [0, 0.1) is 0 Å². The second kappa shape index (κ2) is 11.7. The molecule has 0 saturated carbocycles. The predicted molar refractivity (Wildman–Crippen MR) is 149 cm³/mol. The number of benzene rings is 3. The summed E-state index contributed by atoms with van der Waals surface area (Å²) < 4.78 is 45.5. The first-order valence-electron chi connectivity index (χ1n) is 11.7. The molecule has 1 unspecified atom stereocenters. The molecule has 0 saturated heterocycles. The average Bonchev–Trinajstić information content (AvgIpc) is 2.93. The Morgan fingerprint density at radius 3 is 1.86 bits per heavy atom. The fourth-order valence-corrected chi connectivity index (χ4v) is 6.40. The van der Waals surface area contributed by atoms with E-state index in [0.717, 1.165) is 11.1 Å². The van der Waals surface area contributed by atoms with Crippen LogP contribution in [-0.2, 0) is 4.57 Å². The second-order valence-corrected chi connectivity index (χ2v) is 10.2. The van der Waals surface area contributed by atoms with Gasteiger partial charge in [-0.05, 0) is 17.7 Å². The minimum Gasteiger partial charge on any atom is -0.485 e. The van der Waals surface area contributed by atoms with E-state index in [1.165, 1.54) is 0 Å². The molecule has 0 fully saturated rings. The Hall–Kier alpha value is -4.15. The second-order valence-electron chi connectivity index (χ2n) is 7.94. The number of fused-ring (bicyclic) bond motifs is 3. The van der Waals surface area contributed by atoms with E-state index in [-0.39, 0.29) is 49.0 Å². The van der Waals surface area contributed by atoms with Crippen molar-refractivity contribution in [3.05, 3.63) is 105 Å². The molecule has 0 aliphatic carbocycles. The Labute approximate surface area is 217 Å². The third-order valence-corrected chi connectivity index (χ3v) is 7.92. The summed E-state index contributed by atoms with van der Waals surface area (Å²) in [6.45, 7) is 15.6. The molecule has 0 aromatic heterocycles. The van der Waals surface area contributed by atoms with Gasteiger partial charge in [-0.25, -0.2) is 0 Å². The van der Waals surface area contributed by atoms with E-state index in [1.54, 1.807) is 42.5 Å². The highest BCUT2D eigenvalue weighted by Crippen LogP contribution is 2.58. The van der Waals surface area contributed by atoms with Gasteiger partial charge in [-0.1, -0.05) is 87.0 Å². The molecule has 0 spiro atoms. The summed E-state index contributed by atoms with van der Waals surface area (Å²) in [4.78, 5) is 0. The molecule has 1 aliphatic rings. The molecular formula is C30H29O6P. The molecule has 3 aromatic carbocycles. The van der Waals surface area contributed by atoms with Crippen LogP contribution in [0.25, 0.3) is 11.1 Å². The van der Waals surface area contributed by atoms with Crippen molar-refractivity contribution in [1.82, 2.24) is 0 Å². The quantitative estimate of drug-likeness (QED) is 0.198. The SMILES string of the molecule is C=CCOc1cc(P2(=O)Oc3ccccc3-c3ccccc32)c(OCC=C)c(OCC=C)c1OCC=C. The van der Waals surface area contributed by atoms with E-state index < -0.39 is 7.37 Å². The fourth-order valence-electron chi connectivity index (χ4n) is 3.99. The first kappa shape index (κ1) is 25.9. The Bertz CT molecular complexity index is 1380. The Morgan fingerprint density at radius 2 is 1.19 bits per heavy atom. The van der Waals surface area contributed by atoms with Gasteiger partial charge in [0.05, 0.1) is 5.30 Å². The van der Waals surface area contributed by atoms with E-state index in [9.17, 15) is 0 Å². The van der Waals surface area contributed by atoms with Crippen LogP contribution in [0.1, 0.15) is 0 Å². The van der Waals surface area contributed by atoms with Crippen molar-refractivity contribution in [2.24, 2.45) is 0 Å². The Balaban J connectivity index is 2.04. The summed E-state index contributed by atoms with van der Waals surface area (Å²) in [6.07, 6.45) is 6.39. The lowest BCUT2D eigenvalue weighted by Gasteiger charge is -2.31. The van der Waals surface area contributed by atoms with Gasteiger partial charge in [-0.2, -0.15) is 0 Å². The van der Waals surface area contributed by atoms with Crippen LogP contribution in [0.4, 0.5) is 0 Å². The third kappa shape index (κ3) is 5.07.